The van der Waals surface area contributed by atoms with Gasteiger partial charge in [0.25, 0.3) is 0 Å². The second kappa shape index (κ2) is 8.24. The van der Waals surface area contributed by atoms with E-state index in [2.05, 4.69) is 127 Å². The Morgan fingerprint density at radius 3 is 1.74 bits per heavy atom. The lowest BCUT2D eigenvalue weighted by atomic mass is 9.80. The smallest absolute Gasteiger partial charge is 0.157 e. The van der Waals surface area contributed by atoms with Gasteiger partial charge in [0.05, 0.1) is 0 Å². The molecule has 164 valence electrons. The van der Waals surface area contributed by atoms with E-state index in [4.69, 9.17) is 4.74 Å². The Morgan fingerprint density at radius 2 is 1.09 bits per heavy atom. The van der Waals surface area contributed by atoms with Crippen LogP contribution in [0.5, 0.6) is 5.75 Å². The van der Waals surface area contributed by atoms with Crippen LogP contribution in [0.2, 0.25) is 0 Å². The highest BCUT2D eigenvalue weighted by molar-refractivity contribution is 5.83. The minimum absolute atomic E-state index is 0.576. The maximum Gasteiger partial charge on any atom is 0.157 e. The Hall–Kier alpha value is -4.30. The van der Waals surface area contributed by atoms with Crippen LogP contribution >= 0.6 is 0 Å². The van der Waals surface area contributed by atoms with Crippen LogP contribution < -0.4 is 9.64 Å². The largest absolute Gasteiger partial charge is 0.477 e. The fourth-order valence-corrected chi connectivity index (χ4v) is 4.94. The summed E-state index contributed by atoms with van der Waals surface area (Å²) in [6, 6.07) is 46.5. The lowest BCUT2D eigenvalue weighted by Crippen LogP contribution is -2.34. The van der Waals surface area contributed by atoms with Crippen molar-refractivity contribution in [1.82, 2.24) is 0 Å². The molecule has 0 aromatic heterocycles. The molecule has 1 atom stereocenters. The van der Waals surface area contributed by atoms with E-state index >= 15 is 0 Å². The molecule has 0 saturated carbocycles. The van der Waals surface area contributed by atoms with E-state index in [1.54, 1.807) is 0 Å². The lowest BCUT2D eigenvalue weighted by Gasteiger charge is -2.38. The highest BCUT2D eigenvalue weighted by Crippen LogP contribution is 2.50. The van der Waals surface area contributed by atoms with Crippen molar-refractivity contribution in [3.8, 4) is 16.9 Å². The van der Waals surface area contributed by atoms with Gasteiger partial charge in [0.15, 0.2) is 5.60 Å². The highest BCUT2D eigenvalue weighted by atomic mass is 16.5. The quantitative estimate of drug-likeness (QED) is 0.278. The minimum Gasteiger partial charge on any atom is -0.477 e. The molecule has 0 amide bonds. The topological polar surface area (TPSA) is 12.5 Å². The van der Waals surface area contributed by atoms with Crippen LogP contribution in [0.25, 0.3) is 11.1 Å². The molecule has 2 nitrogen and oxygen atoms in total. The summed E-state index contributed by atoms with van der Waals surface area (Å²) >= 11 is 0. The SMILES string of the molecule is CC1(c2ccccc2)Oc2cc(N(c3ccccc3)c3ccccc3)ccc2-c2ccccc21. The second-order valence-electron chi connectivity index (χ2n) is 8.73. The van der Waals surface area contributed by atoms with Gasteiger partial charge in [-0.25, -0.2) is 0 Å². The van der Waals surface area contributed by atoms with Crippen molar-refractivity contribution in [2.75, 3.05) is 4.90 Å². The van der Waals surface area contributed by atoms with Gasteiger partial charge in [0.1, 0.15) is 5.75 Å². The van der Waals surface area contributed by atoms with Gasteiger partial charge >= 0.3 is 0 Å². The fourth-order valence-electron chi connectivity index (χ4n) is 4.94. The molecule has 1 heterocycles. The van der Waals surface area contributed by atoms with Crippen LogP contribution in [-0.2, 0) is 5.60 Å². The standard InChI is InChI=1S/C32H25NO/c1-32(24-13-5-2-6-14-24)30-20-12-11-19-28(30)29-22-21-27(23-31(29)34-32)33(25-15-7-3-8-16-25)26-17-9-4-10-18-26/h2-23H,1H3. The van der Waals surface area contributed by atoms with Gasteiger partial charge in [-0.15, -0.1) is 0 Å². The zero-order chi connectivity index (χ0) is 23.0. The van der Waals surface area contributed by atoms with Crippen LogP contribution in [0.4, 0.5) is 17.1 Å². The van der Waals surface area contributed by atoms with E-state index in [0.29, 0.717) is 0 Å². The van der Waals surface area contributed by atoms with Gasteiger partial charge < -0.3 is 9.64 Å². The summed E-state index contributed by atoms with van der Waals surface area (Å²) in [7, 11) is 0. The lowest BCUT2D eigenvalue weighted by molar-refractivity contribution is 0.129. The van der Waals surface area contributed by atoms with Crippen LogP contribution in [-0.4, -0.2) is 0 Å². The average molecular weight is 440 g/mol. The number of hydrogen-bond donors (Lipinski definition) is 0. The van der Waals surface area contributed by atoms with Crippen LogP contribution in [0, 0.1) is 0 Å². The van der Waals surface area contributed by atoms with E-state index in [-0.39, 0.29) is 0 Å². The molecule has 34 heavy (non-hydrogen) atoms. The summed E-state index contributed by atoms with van der Waals surface area (Å²) in [6.07, 6.45) is 0. The summed E-state index contributed by atoms with van der Waals surface area (Å²) in [5.41, 5.74) is 7.36. The van der Waals surface area contributed by atoms with E-state index in [9.17, 15) is 0 Å². The molecule has 0 aliphatic carbocycles. The Balaban J connectivity index is 1.53. The van der Waals surface area contributed by atoms with Crippen molar-refractivity contribution in [2.24, 2.45) is 0 Å². The summed E-state index contributed by atoms with van der Waals surface area (Å²) in [4.78, 5) is 2.27. The summed E-state index contributed by atoms with van der Waals surface area (Å²) < 4.78 is 6.87. The number of ether oxygens (including phenoxy) is 1. The number of nitrogens with zero attached hydrogens (tertiary/aromatic N) is 1. The van der Waals surface area contributed by atoms with Gasteiger partial charge in [-0.1, -0.05) is 91.0 Å². The summed E-state index contributed by atoms with van der Waals surface area (Å²) in [5.74, 6) is 0.888. The summed E-state index contributed by atoms with van der Waals surface area (Å²) in [5, 5.41) is 0. The van der Waals surface area contributed by atoms with E-state index in [1.165, 1.54) is 11.1 Å². The van der Waals surface area contributed by atoms with E-state index in [0.717, 1.165) is 33.9 Å². The molecule has 2 heteroatoms. The first-order valence-corrected chi connectivity index (χ1v) is 11.6. The third-order valence-electron chi connectivity index (χ3n) is 6.62. The predicted molar refractivity (Wildman–Crippen MR) is 140 cm³/mol. The van der Waals surface area contributed by atoms with Crippen molar-refractivity contribution < 1.29 is 4.74 Å². The van der Waals surface area contributed by atoms with Crippen LogP contribution in [0.3, 0.4) is 0 Å². The molecule has 0 saturated heterocycles. The first-order valence-electron chi connectivity index (χ1n) is 11.6. The molecule has 0 spiro atoms. The first-order chi connectivity index (χ1) is 16.7. The van der Waals surface area contributed by atoms with Crippen molar-refractivity contribution in [3.63, 3.8) is 0 Å². The number of fused-ring (bicyclic) bond motifs is 3. The number of rotatable bonds is 4. The highest BCUT2D eigenvalue weighted by Gasteiger charge is 2.38. The van der Waals surface area contributed by atoms with E-state index in [1.807, 2.05) is 18.2 Å². The monoisotopic (exact) mass is 439 g/mol. The third-order valence-corrected chi connectivity index (χ3v) is 6.62. The maximum absolute atomic E-state index is 6.87. The second-order valence-corrected chi connectivity index (χ2v) is 8.73. The van der Waals surface area contributed by atoms with Crippen LogP contribution in [0.1, 0.15) is 18.1 Å². The molecular formula is C32H25NO. The van der Waals surface area contributed by atoms with Gasteiger partial charge in [-0.2, -0.15) is 0 Å². The minimum atomic E-state index is -0.576. The third kappa shape index (κ3) is 3.36. The normalized spacial score (nSPS) is 16.1. The van der Waals surface area contributed by atoms with Crippen molar-refractivity contribution in [3.05, 3.63) is 145 Å². The molecule has 0 N–H and O–H groups in total. The molecule has 5 aromatic rings. The Labute approximate surface area is 200 Å². The van der Waals surface area contributed by atoms with Crippen molar-refractivity contribution in [2.45, 2.75) is 12.5 Å². The van der Waals surface area contributed by atoms with Crippen LogP contribution in [0.15, 0.2) is 133 Å². The van der Waals surface area contributed by atoms with Crippen molar-refractivity contribution in [1.29, 1.82) is 0 Å². The predicted octanol–water partition coefficient (Wildman–Crippen LogP) is 8.48. The molecule has 1 unspecified atom stereocenters. The molecule has 6 rings (SSSR count). The maximum atomic E-state index is 6.87. The van der Waals surface area contributed by atoms with Gasteiger partial charge in [-0.3, -0.25) is 0 Å². The van der Waals surface area contributed by atoms with Gasteiger partial charge in [0.2, 0.25) is 0 Å². The van der Waals surface area contributed by atoms with Gasteiger partial charge in [-0.05, 0) is 54.4 Å². The Bertz CT molecular complexity index is 1390. The molecule has 0 bridgehead atoms. The summed E-state index contributed by atoms with van der Waals surface area (Å²) in [6.45, 7) is 2.17. The zero-order valence-corrected chi connectivity index (χ0v) is 19.1. The Kier molecular flexibility index (Phi) is 4.92. The molecular weight excluding hydrogens is 414 g/mol. The molecule has 5 aromatic carbocycles. The zero-order valence-electron chi connectivity index (χ0n) is 19.1. The van der Waals surface area contributed by atoms with Crippen molar-refractivity contribution >= 4 is 17.1 Å². The average Bonchev–Trinajstić information content (AvgIpc) is 2.91. The number of anilines is 3. The molecule has 0 fully saturated rings. The Morgan fingerprint density at radius 1 is 0.529 bits per heavy atom. The fraction of sp³-hybridized carbons (Fsp3) is 0.0625. The number of hydrogen-bond acceptors (Lipinski definition) is 2. The molecule has 0 radical (unpaired) electrons. The molecule has 1 aliphatic rings. The molecule has 1 aliphatic heterocycles. The van der Waals surface area contributed by atoms with Gasteiger partial charge in [0, 0.05) is 34.3 Å². The number of para-hydroxylation sites is 2. The number of benzene rings is 5. The van der Waals surface area contributed by atoms with E-state index < -0.39 is 5.60 Å². The first kappa shape index (κ1) is 20.3.